The number of hydrogen-bond donors (Lipinski definition) is 0. The minimum atomic E-state index is 0.164. The van der Waals surface area contributed by atoms with Crippen LogP contribution in [0.25, 0.3) is 5.69 Å². The zero-order valence-electron chi connectivity index (χ0n) is 12.8. The summed E-state index contributed by atoms with van der Waals surface area (Å²) in [6, 6.07) is 15.7. The van der Waals surface area contributed by atoms with Gasteiger partial charge in [-0.1, -0.05) is 47.6 Å². The van der Waals surface area contributed by atoms with Crippen LogP contribution in [0.5, 0.6) is 5.75 Å². The van der Waals surface area contributed by atoms with Crippen LogP contribution in [0.2, 0.25) is 5.02 Å². The van der Waals surface area contributed by atoms with Gasteiger partial charge in [0.05, 0.1) is 12.8 Å². The molecular weight excluding hydrogens is 330 g/mol. The summed E-state index contributed by atoms with van der Waals surface area (Å²) in [6.07, 6.45) is 1.70. The largest absolute Gasteiger partial charge is 0.497 e. The molecule has 0 aliphatic carbocycles. The van der Waals surface area contributed by atoms with E-state index < -0.39 is 0 Å². The molecule has 0 fully saturated rings. The predicted octanol–water partition coefficient (Wildman–Crippen LogP) is 4.78. The van der Waals surface area contributed by atoms with Gasteiger partial charge >= 0.3 is 0 Å². The predicted molar refractivity (Wildman–Crippen MR) is 93.6 cm³/mol. The van der Waals surface area contributed by atoms with Crippen molar-refractivity contribution in [3.05, 3.63) is 65.4 Å². The summed E-state index contributed by atoms with van der Waals surface area (Å²) in [5.74, 6) is 0.798. The van der Waals surface area contributed by atoms with E-state index in [0.29, 0.717) is 0 Å². The van der Waals surface area contributed by atoms with E-state index in [1.165, 1.54) is 0 Å². The number of nitrogens with zero attached hydrogens (tertiary/aromatic N) is 3. The van der Waals surface area contributed by atoms with E-state index in [1.807, 2.05) is 53.1 Å². The average molecular weight is 346 g/mol. The van der Waals surface area contributed by atoms with Crippen molar-refractivity contribution < 1.29 is 4.74 Å². The van der Waals surface area contributed by atoms with Gasteiger partial charge in [0.25, 0.3) is 0 Å². The van der Waals surface area contributed by atoms with E-state index in [9.17, 15) is 0 Å². The molecule has 0 saturated heterocycles. The fourth-order valence-corrected chi connectivity index (χ4v) is 3.64. The molecular formula is C17H16ClN3OS. The monoisotopic (exact) mass is 345 g/mol. The van der Waals surface area contributed by atoms with Crippen molar-refractivity contribution in [3.63, 3.8) is 0 Å². The first-order chi connectivity index (χ1) is 11.2. The molecule has 0 spiro atoms. The Morgan fingerprint density at radius 3 is 2.78 bits per heavy atom. The van der Waals surface area contributed by atoms with Gasteiger partial charge in [0.15, 0.2) is 5.16 Å². The van der Waals surface area contributed by atoms with Crippen molar-refractivity contribution >= 4 is 23.4 Å². The molecule has 0 unspecified atom stereocenters. The number of halogens is 1. The van der Waals surface area contributed by atoms with Crippen LogP contribution >= 0.6 is 23.4 Å². The molecule has 0 aliphatic rings. The van der Waals surface area contributed by atoms with Crippen LogP contribution in [0.1, 0.15) is 17.7 Å². The minimum Gasteiger partial charge on any atom is -0.497 e. The molecule has 118 valence electrons. The van der Waals surface area contributed by atoms with Crippen LogP contribution in [0.4, 0.5) is 0 Å². The maximum atomic E-state index is 6.28. The number of aromatic nitrogens is 3. The molecule has 0 saturated carbocycles. The number of methoxy groups -OCH3 is 1. The van der Waals surface area contributed by atoms with Crippen molar-refractivity contribution in [1.29, 1.82) is 0 Å². The van der Waals surface area contributed by atoms with Crippen LogP contribution in [0.3, 0.4) is 0 Å². The second-order valence-corrected chi connectivity index (χ2v) is 6.68. The second kappa shape index (κ2) is 7.06. The lowest BCUT2D eigenvalue weighted by Crippen LogP contribution is -1.98. The number of thioether (sulfide) groups is 1. The van der Waals surface area contributed by atoms with Gasteiger partial charge in [0.2, 0.25) is 0 Å². The Morgan fingerprint density at radius 2 is 2.00 bits per heavy atom. The Labute approximate surface area is 144 Å². The van der Waals surface area contributed by atoms with Gasteiger partial charge in [-0.2, -0.15) is 0 Å². The van der Waals surface area contributed by atoms with Crippen LogP contribution in [0, 0.1) is 0 Å². The topological polar surface area (TPSA) is 39.9 Å². The third-order valence-corrected chi connectivity index (χ3v) is 4.91. The molecule has 0 radical (unpaired) electrons. The van der Waals surface area contributed by atoms with Crippen LogP contribution in [0.15, 0.2) is 60.0 Å². The fourth-order valence-electron chi connectivity index (χ4n) is 2.27. The molecule has 1 aromatic heterocycles. The lowest BCUT2D eigenvalue weighted by molar-refractivity contribution is 0.414. The molecule has 0 amide bonds. The van der Waals surface area contributed by atoms with Gasteiger partial charge in [-0.3, -0.25) is 4.57 Å². The van der Waals surface area contributed by atoms with Gasteiger partial charge in [-0.15, -0.1) is 10.2 Å². The molecule has 3 aromatic rings. The summed E-state index contributed by atoms with van der Waals surface area (Å²) < 4.78 is 7.23. The van der Waals surface area contributed by atoms with Crippen molar-refractivity contribution in [2.75, 3.05) is 7.11 Å². The maximum Gasteiger partial charge on any atom is 0.196 e. The van der Waals surface area contributed by atoms with E-state index in [4.69, 9.17) is 16.3 Å². The normalized spacial score (nSPS) is 12.1. The van der Waals surface area contributed by atoms with Gasteiger partial charge < -0.3 is 4.74 Å². The van der Waals surface area contributed by atoms with Gasteiger partial charge in [0.1, 0.15) is 12.1 Å². The summed E-state index contributed by atoms with van der Waals surface area (Å²) in [6.45, 7) is 2.11. The number of rotatable bonds is 5. The van der Waals surface area contributed by atoms with Gasteiger partial charge in [0, 0.05) is 16.3 Å². The molecule has 0 aliphatic heterocycles. The Morgan fingerprint density at radius 1 is 1.17 bits per heavy atom. The highest BCUT2D eigenvalue weighted by molar-refractivity contribution is 7.99. The van der Waals surface area contributed by atoms with Crippen LogP contribution in [-0.2, 0) is 0 Å². The Balaban J connectivity index is 1.88. The summed E-state index contributed by atoms with van der Waals surface area (Å²) >= 11 is 7.90. The first-order valence-corrected chi connectivity index (χ1v) is 8.40. The highest BCUT2D eigenvalue weighted by Crippen LogP contribution is 2.37. The van der Waals surface area contributed by atoms with Crippen molar-refractivity contribution in [1.82, 2.24) is 14.8 Å². The summed E-state index contributed by atoms with van der Waals surface area (Å²) in [4.78, 5) is 0. The molecule has 0 N–H and O–H groups in total. The SMILES string of the molecule is COc1cccc(-n2cnnc2S[C@H](C)c2ccccc2Cl)c1. The molecule has 4 nitrogen and oxygen atoms in total. The average Bonchev–Trinajstić information content (AvgIpc) is 3.03. The van der Waals surface area contributed by atoms with Crippen molar-refractivity contribution in [2.24, 2.45) is 0 Å². The summed E-state index contributed by atoms with van der Waals surface area (Å²) in [7, 11) is 1.65. The smallest absolute Gasteiger partial charge is 0.196 e. The zero-order chi connectivity index (χ0) is 16.2. The van der Waals surface area contributed by atoms with Crippen molar-refractivity contribution in [3.8, 4) is 11.4 Å². The van der Waals surface area contributed by atoms with E-state index in [2.05, 4.69) is 17.1 Å². The summed E-state index contributed by atoms with van der Waals surface area (Å²) in [5, 5.41) is 10.0. The van der Waals surface area contributed by atoms with Gasteiger partial charge in [-0.25, -0.2) is 0 Å². The Hall–Kier alpha value is -1.98. The molecule has 0 bridgehead atoms. The summed E-state index contributed by atoms with van der Waals surface area (Å²) in [5.41, 5.74) is 2.04. The zero-order valence-corrected chi connectivity index (χ0v) is 14.4. The molecule has 3 rings (SSSR count). The van der Waals surface area contributed by atoms with E-state index in [1.54, 1.807) is 25.2 Å². The number of ether oxygens (including phenoxy) is 1. The van der Waals surface area contributed by atoms with Crippen LogP contribution < -0.4 is 4.74 Å². The Kier molecular flexibility index (Phi) is 4.88. The molecule has 1 heterocycles. The standard InChI is InChI=1S/C17H16ClN3OS/c1-12(15-8-3-4-9-16(15)18)23-17-20-19-11-21(17)13-6-5-7-14(10-13)22-2/h3-12H,1-2H3/t12-/m1/s1. The van der Waals surface area contributed by atoms with Crippen LogP contribution in [-0.4, -0.2) is 21.9 Å². The Bertz CT molecular complexity index is 806. The maximum absolute atomic E-state index is 6.28. The fraction of sp³-hybridized carbons (Fsp3) is 0.176. The van der Waals surface area contributed by atoms with E-state index >= 15 is 0 Å². The van der Waals surface area contributed by atoms with Crippen molar-refractivity contribution in [2.45, 2.75) is 17.3 Å². The highest BCUT2D eigenvalue weighted by Gasteiger charge is 2.15. The van der Waals surface area contributed by atoms with Gasteiger partial charge in [-0.05, 0) is 30.7 Å². The number of hydrogen-bond acceptors (Lipinski definition) is 4. The second-order valence-electron chi connectivity index (χ2n) is 4.97. The third kappa shape index (κ3) is 3.51. The quantitative estimate of drug-likeness (QED) is 0.624. The lowest BCUT2D eigenvalue weighted by Gasteiger charge is -2.13. The van der Waals surface area contributed by atoms with E-state index in [-0.39, 0.29) is 5.25 Å². The molecule has 2 aromatic carbocycles. The first kappa shape index (κ1) is 15.9. The third-order valence-electron chi connectivity index (χ3n) is 3.47. The minimum absolute atomic E-state index is 0.164. The molecule has 6 heteroatoms. The van der Waals surface area contributed by atoms with E-state index in [0.717, 1.165) is 27.2 Å². The molecule has 23 heavy (non-hydrogen) atoms. The highest BCUT2D eigenvalue weighted by atomic mass is 35.5. The lowest BCUT2D eigenvalue weighted by atomic mass is 10.2. The molecule has 1 atom stereocenters. The number of benzene rings is 2. The first-order valence-electron chi connectivity index (χ1n) is 7.14.